The molecule has 0 bridgehead atoms. The zero-order valence-corrected chi connectivity index (χ0v) is 14.5. The van der Waals surface area contributed by atoms with Gasteiger partial charge in [-0.05, 0) is 59.0 Å². The van der Waals surface area contributed by atoms with Gasteiger partial charge in [-0.25, -0.2) is 9.37 Å². The van der Waals surface area contributed by atoms with Crippen LogP contribution in [0.4, 0.5) is 4.39 Å². The molecule has 0 N–H and O–H groups in total. The largest absolute Gasteiger partial charge is 0.293 e. The Hall–Kier alpha value is -0.850. The topological polar surface area (TPSA) is 17.8 Å². The number of rotatable bonds is 3. The molecule has 108 valence electrons. The van der Waals surface area contributed by atoms with E-state index in [1.807, 2.05) is 18.2 Å². The zero-order chi connectivity index (χ0) is 15.0. The fourth-order valence-corrected chi connectivity index (χ4v) is 3.09. The van der Waals surface area contributed by atoms with Crippen LogP contribution in [0, 0.1) is 9.39 Å². The molecule has 0 fully saturated rings. The van der Waals surface area contributed by atoms with Crippen LogP contribution in [0.1, 0.15) is 5.82 Å². The van der Waals surface area contributed by atoms with Crippen LogP contribution in [-0.4, -0.2) is 15.4 Å². The van der Waals surface area contributed by atoms with E-state index in [0.29, 0.717) is 23.0 Å². The molecular weight excluding hydrogens is 425 g/mol. The number of nitrogens with zero attached hydrogens (tertiary/aromatic N) is 2. The van der Waals surface area contributed by atoms with Gasteiger partial charge in [-0.2, -0.15) is 0 Å². The van der Waals surface area contributed by atoms with Crippen molar-refractivity contribution in [3.63, 3.8) is 0 Å². The second-order valence-corrected chi connectivity index (χ2v) is 6.59. The van der Waals surface area contributed by atoms with Crippen molar-refractivity contribution in [1.29, 1.82) is 0 Å². The molecular formula is C15H10Cl2FIN2. The summed E-state index contributed by atoms with van der Waals surface area (Å²) < 4.78 is 17.1. The lowest BCUT2D eigenvalue weighted by Crippen LogP contribution is -2.04. The molecule has 0 aliphatic rings. The molecule has 0 saturated carbocycles. The first kappa shape index (κ1) is 15.1. The SMILES string of the molecule is Fc1ccc(Cl)cc1-n1c(CCCl)nc2cc(I)ccc21. The second kappa shape index (κ2) is 6.10. The monoisotopic (exact) mass is 434 g/mol. The van der Waals surface area contributed by atoms with Crippen LogP contribution < -0.4 is 0 Å². The Balaban J connectivity index is 2.33. The Morgan fingerprint density at radius 1 is 1.19 bits per heavy atom. The van der Waals surface area contributed by atoms with E-state index >= 15 is 0 Å². The minimum atomic E-state index is -0.340. The molecule has 2 aromatic carbocycles. The summed E-state index contributed by atoms with van der Waals surface area (Å²) in [5, 5.41) is 0.482. The number of hydrogen-bond acceptors (Lipinski definition) is 1. The molecule has 3 rings (SSSR count). The van der Waals surface area contributed by atoms with Gasteiger partial charge in [0, 0.05) is 20.9 Å². The van der Waals surface area contributed by atoms with E-state index in [2.05, 4.69) is 27.6 Å². The molecule has 0 spiro atoms. The average molecular weight is 435 g/mol. The van der Waals surface area contributed by atoms with Crippen LogP contribution in [0.15, 0.2) is 36.4 Å². The van der Waals surface area contributed by atoms with E-state index < -0.39 is 0 Å². The van der Waals surface area contributed by atoms with Crippen molar-refractivity contribution in [3.8, 4) is 5.69 Å². The first-order valence-corrected chi connectivity index (χ1v) is 8.27. The van der Waals surface area contributed by atoms with Gasteiger partial charge in [-0.3, -0.25) is 4.57 Å². The van der Waals surface area contributed by atoms with Crippen molar-refractivity contribution < 1.29 is 4.39 Å². The molecule has 0 amide bonds. The van der Waals surface area contributed by atoms with Gasteiger partial charge in [0.1, 0.15) is 11.6 Å². The number of aryl methyl sites for hydroxylation is 1. The zero-order valence-electron chi connectivity index (χ0n) is 10.8. The van der Waals surface area contributed by atoms with Crippen LogP contribution in [0.2, 0.25) is 5.02 Å². The van der Waals surface area contributed by atoms with E-state index in [0.717, 1.165) is 20.4 Å². The van der Waals surface area contributed by atoms with Gasteiger partial charge in [0.2, 0.25) is 0 Å². The van der Waals surface area contributed by atoms with Gasteiger partial charge < -0.3 is 0 Å². The lowest BCUT2D eigenvalue weighted by molar-refractivity contribution is 0.617. The van der Waals surface area contributed by atoms with Gasteiger partial charge >= 0.3 is 0 Å². The van der Waals surface area contributed by atoms with Gasteiger partial charge in [-0.15, -0.1) is 11.6 Å². The van der Waals surface area contributed by atoms with Crippen LogP contribution in [0.3, 0.4) is 0 Å². The summed E-state index contributed by atoms with van der Waals surface area (Å²) >= 11 is 14.1. The maximum Gasteiger partial charge on any atom is 0.147 e. The molecule has 2 nitrogen and oxygen atoms in total. The quantitative estimate of drug-likeness (QED) is 0.409. The van der Waals surface area contributed by atoms with Crippen LogP contribution in [0.25, 0.3) is 16.7 Å². The van der Waals surface area contributed by atoms with Crippen molar-refractivity contribution in [2.24, 2.45) is 0 Å². The van der Waals surface area contributed by atoms with Crippen molar-refractivity contribution in [2.45, 2.75) is 6.42 Å². The number of imidazole rings is 1. The van der Waals surface area contributed by atoms with Crippen LogP contribution in [-0.2, 0) is 6.42 Å². The van der Waals surface area contributed by atoms with E-state index in [9.17, 15) is 4.39 Å². The van der Waals surface area contributed by atoms with Crippen molar-refractivity contribution in [1.82, 2.24) is 9.55 Å². The number of aromatic nitrogens is 2. The van der Waals surface area contributed by atoms with Crippen LogP contribution >= 0.6 is 45.8 Å². The van der Waals surface area contributed by atoms with E-state index in [-0.39, 0.29) is 5.82 Å². The molecule has 0 unspecified atom stereocenters. The number of fused-ring (bicyclic) bond motifs is 1. The first-order valence-electron chi connectivity index (χ1n) is 6.28. The minimum absolute atomic E-state index is 0.340. The molecule has 0 aliphatic heterocycles. The van der Waals surface area contributed by atoms with Gasteiger partial charge in [0.15, 0.2) is 0 Å². The molecule has 1 aromatic heterocycles. The molecule has 0 radical (unpaired) electrons. The predicted octanol–water partition coefficient (Wildman–Crippen LogP) is 5.20. The highest BCUT2D eigenvalue weighted by atomic mass is 127. The Labute approximate surface area is 145 Å². The Morgan fingerprint density at radius 3 is 2.76 bits per heavy atom. The fraction of sp³-hybridized carbons (Fsp3) is 0.133. The minimum Gasteiger partial charge on any atom is -0.293 e. The number of benzene rings is 2. The summed E-state index contributed by atoms with van der Waals surface area (Å²) in [5.41, 5.74) is 2.06. The molecule has 0 aliphatic carbocycles. The van der Waals surface area contributed by atoms with E-state index in [4.69, 9.17) is 23.2 Å². The van der Waals surface area contributed by atoms with Gasteiger partial charge in [-0.1, -0.05) is 11.6 Å². The highest BCUT2D eigenvalue weighted by Gasteiger charge is 2.15. The Bertz CT molecular complexity index is 817. The molecule has 0 atom stereocenters. The summed E-state index contributed by atoms with van der Waals surface area (Å²) in [6.45, 7) is 0. The number of halogens is 4. The Kier molecular flexibility index (Phi) is 4.38. The second-order valence-electron chi connectivity index (χ2n) is 4.53. The Morgan fingerprint density at radius 2 is 2.00 bits per heavy atom. The normalized spacial score (nSPS) is 11.2. The third-order valence-corrected chi connectivity index (χ3v) is 4.25. The third-order valence-electron chi connectivity index (χ3n) is 3.15. The van der Waals surface area contributed by atoms with Crippen molar-refractivity contribution >= 4 is 56.8 Å². The fourth-order valence-electron chi connectivity index (χ4n) is 2.28. The summed E-state index contributed by atoms with van der Waals surface area (Å²) in [7, 11) is 0. The highest BCUT2D eigenvalue weighted by Crippen LogP contribution is 2.27. The number of hydrogen-bond donors (Lipinski definition) is 0. The maximum atomic E-state index is 14.2. The van der Waals surface area contributed by atoms with Gasteiger partial charge in [0.25, 0.3) is 0 Å². The summed E-state index contributed by atoms with van der Waals surface area (Å²) in [6, 6.07) is 10.4. The standard InChI is InChI=1S/C15H10Cl2FIN2/c16-6-5-15-20-12-8-10(19)2-4-13(12)21(15)14-7-9(17)1-3-11(14)18/h1-4,7-8H,5-6H2. The summed E-state index contributed by atoms with van der Waals surface area (Å²) in [4.78, 5) is 4.57. The third kappa shape index (κ3) is 2.89. The predicted molar refractivity (Wildman–Crippen MR) is 93.2 cm³/mol. The van der Waals surface area contributed by atoms with Crippen molar-refractivity contribution in [3.05, 3.63) is 56.6 Å². The van der Waals surface area contributed by atoms with Gasteiger partial charge in [0.05, 0.1) is 16.7 Å². The van der Waals surface area contributed by atoms with Crippen molar-refractivity contribution in [2.75, 3.05) is 5.88 Å². The lowest BCUT2D eigenvalue weighted by Gasteiger charge is -2.10. The highest BCUT2D eigenvalue weighted by molar-refractivity contribution is 14.1. The molecule has 21 heavy (non-hydrogen) atoms. The van der Waals surface area contributed by atoms with E-state index in [1.165, 1.54) is 12.1 Å². The summed E-state index contributed by atoms with van der Waals surface area (Å²) in [6.07, 6.45) is 0.554. The van der Waals surface area contributed by atoms with E-state index in [1.54, 1.807) is 10.6 Å². The summed E-state index contributed by atoms with van der Waals surface area (Å²) in [5.74, 6) is 0.805. The molecule has 1 heterocycles. The molecule has 6 heteroatoms. The average Bonchev–Trinajstić information content (AvgIpc) is 2.79. The smallest absolute Gasteiger partial charge is 0.147 e. The number of alkyl halides is 1. The first-order chi connectivity index (χ1) is 10.1. The lowest BCUT2D eigenvalue weighted by atomic mass is 10.2. The molecule has 0 saturated heterocycles. The maximum absolute atomic E-state index is 14.2. The van der Waals surface area contributed by atoms with Crippen LogP contribution in [0.5, 0.6) is 0 Å². The molecule has 3 aromatic rings.